The molecule has 0 aliphatic carbocycles. The Kier molecular flexibility index (Phi) is 2.90. The molecule has 0 N–H and O–H groups in total. The molecule has 58 valence electrons. The zero-order chi connectivity index (χ0) is 8.43. The lowest BCUT2D eigenvalue weighted by Gasteiger charge is -1.98. The Morgan fingerprint density at radius 1 is 1.55 bits per heavy atom. The molecule has 0 fully saturated rings. The van der Waals surface area contributed by atoms with Crippen LogP contribution in [0.4, 0.5) is 0 Å². The number of carbonyl (C=O) groups excluding carboxylic acids is 1. The zero-order valence-corrected chi connectivity index (χ0v) is 8.81. The van der Waals surface area contributed by atoms with E-state index in [9.17, 15) is 4.79 Å². The molecule has 11 heavy (non-hydrogen) atoms. The molecule has 0 saturated carbocycles. The first-order valence-corrected chi connectivity index (χ1v) is 4.53. The fourth-order valence-electron chi connectivity index (χ4n) is 0.767. The first kappa shape index (κ1) is 9.00. The third-order valence-corrected chi connectivity index (χ3v) is 2.31. The Morgan fingerprint density at radius 2 is 2.18 bits per heavy atom. The van der Waals surface area contributed by atoms with Crippen molar-refractivity contribution in [3.63, 3.8) is 0 Å². The van der Waals surface area contributed by atoms with Gasteiger partial charge in [0, 0.05) is 9.13 Å². The van der Waals surface area contributed by atoms with Gasteiger partial charge in [0.2, 0.25) is 0 Å². The molecule has 0 atom stereocenters. The van der Waals surface area contributed by atoms with E-state index in [0.717, 1.165) is 3.57 Å². The molecule has 0 bridgehead atoms. The molecule has 0 aromatic heterocycles. The molecule has 0 amide bonds. The number of hydrogen-bond donors (Lipinski definition) is 0. The third kappa shape index (κ3) is 2.17. The van der Waals surface area contributed by atoms with Crippen molar-refractivity contribution in [2.24, 2.45) is 0 Å². The third-order valence-electron chi connectivity index (χ3n) is 1.31. The second-order valence-electron chi connectivity index (χ2n) is 2.18. The highest BCUT2D eigenvalue weighted by molar-refractivity contribution is 14.1. The number of halogens is 2. The van der Waals surface area contributed by atoms with Crippen LogP contribution >= 0.6 is 34.2 Å². The molecule has 1 aromatic rings. The summed E-state index contributed by atoms with van der Waals surface area (Å²) in [5.74, 6) is 0.00789. The van der Waals surface area contributed by atoms with Gasteiger partial charge in [-0.05, 0) is 47.7 Å². The highest BCUT2D eigenvalue weighted by Gasteiger charge is 2.04. The molecule has 0 radical (unpaired) electrons. The van der Waals surface area contributed by atoms with Crippen LogP contribution in [-0.2, 0) is 0 Å². The topological polar surface area (TPSA) is 17.1 Å². The second-order valence-corrected chi connectivity index (χ2v) is 3.83. The van der Waals surface area contributed by atoms with Crippen molar-refractivity contribution in [3.8, 4) is 0 Å². The van der Waals surface area contributed by atoms with E-state index in [0.29, 0.717) is 10.6 Å². The molecule has 0 aliphatic rings. The molecule has 1 rings (SSSR count). The first-order valence-electron chi connectivity index (χ1n) is 3.07. The van der Waals surface area contributed by atoms with Crippen LogP contribution in [0.5, 0.6) is 0 Å². The number of carbonyl (C=O) groups is 1. The summed E-state index contributed by atoms with van der Waals surface area (Å²) in [6, 6.07) is 5.39. The predicted molar refractivity (Wildman–Crippen MR) is 54.2 cm³/mol. The highest BCUT2D eigenvalue weighted by atomic mass is 127. The van der Waals surface area contributed by atoms with E-state index < -0.39 is 0 Å². The van der Waals surface area contributed by atoms with Crippen molar-refractivity contribution in [1.29, 1.82) is 0 Å². The Morgan fingerprint density at radius 3 is 2.64 bits per heavy atom. The van der Waals surface area contributed by atoms with Gasteiger partial charge < -0.3 is 0 Å². The van der Waals surface area contributed by atoms with Gasteiger partial charge in [-0.25, -0.2) is 0 Å². The van der Waals surface area contributed by atoms with E-state index in [1.807, 2.05) is 6.07 Å². The molecule has 0 aliphatic heterocycles. The molecule has 1 nitrogen and oxygen atoms in total. The number of benzene rings is 1. The van der Waals surface area contributed by atoms with Crippen LogP contribution in [-0.4, -0.2) is 5.78 Å². The molecule has 0 heterocycles. The lowest BCUT2D eigenvalue weighted by molar-refractivity contribution is 0.101. The van der Waals surface area contributed by atoms with Crippen molar-refractivity contribution in [1.82, 2.24) is 0 Å². The maximum absolute atomic E-state index is 10.9. The zero-order valence-electron chi connectivity index (χ0n) is 5.90. The number of ketones is 1. The van der Waals surface area contributed by atoms with Gasteiger partial charge in [-0.1, -0.05) is 11.6 Å². The SMILES string of the molecule is CC(=O)c1cc(I)ccc1Cl. The van der Waals surface area contributed by atoms with Crippen LogP contribution in [0.25, 0.3) is 0 Å². The highest BCUT2D eigenvalue weighted by Crippen LogP contribution is 2.18. The van der Waals surface area contributed by atoms with Crippen molar-refractivity contribution in [2.45, 2.75) is 6.92 Å². The molecule has 3 heteroatoms. The average molecular weight is 280 g/mol. The molecule has 0 unspecified atom stereocenters. The van der Waals surface area contributed by atoms with E-state index in [4.69, 9.17) is 11.6 Å². The maximum atomic E-state index is 10.9. The quantitative estimate of drug-likeness (QED) is 0.570. The standard InChI is InChI=1S/C8H6ClIO/c1-5(11)7-4-6(10)2-3-8(7)9/h2-4H,1H3. The van der Waals surface area contributed by atoms with Crippen LogP contribution in [0.2, 0.25) is 5.02 Å². The monoisotopic (exact) mass is 280 g/mol. The van der Waals surface area contributed by atoms with Gasteiger partial charge in [0.25, 0.3) is 0 Å². The lowest BCUT2D eigenvalue weighted by atomic mass is 10.1. The predicted octanol–water partition coefficient (Wildman–Crippen LogP) is 3.15. The average Bonchev–Trinajstić information content (AvgIpc) is 1.94. The summed E-state index contributed by atoms with van der Waals surface area (Å²) in [5, 5.41) is 0.526. The molecular weight excluding hydrogens is 274 g/mol. The van der Waals surface area contributed by atoms with Crippen molar-refractivity contribution < 1.29 is 4.79 Å². The molecule has 0 spiro atoms. The Hall–Kier alpha value is -0.0900. The van der Waals surface area contributed by atoms with Crippen LogP contribution in [0.15, 0.2) is 18.2 Å². The minimum Gasteiger partial charge on any atom is -0.294 e. The Bertz CT molecular complexity index is 296. The minimum absolute atomic E-state index is 0.00789. The number of hydrogen-bond acceptors (Lipinski definition) is 1. The van der Waals surface area contributed by atoms with Crippen molar-refractivity contribution >= 4 is 40.0 Å². The van der Waals surface area contributed by atoms with Gasteiger partial charge in [-0.3, -0.25) is 4.79 Å². The lowest BCUT2D eigenvalue weighted by Crippen LogP contribution is -1.93. The number of Topliss-reactive ketones (excluding diaryl/α,β-unsaturated/α-hetero) is 1. The Labute approximate surface area is 83.9 Å². The molecule has 0 saturated heterocycles. The van der Waals surface area contributed by atoms with Gasteiger partial charge in [-0.2, -0.15) is 0 Å². The Balaban J connectivity index is 3.23. The summed E-state index contributed by atoms with van der Waals surface area (Å²) in [5.41, 5.74) is 0.596. The fraction of sp³-hybridized carbons (Fsp3) is 0.125. The summed E-state index contributed by atoms with van der Waals surface area (Å²) in [6.45, 7) is 1.51. The van der Waals surface area contributed by atoms with E-state index >= 15 is 0 Å². The van der Waals surface area contributed by atoms with Crippen LogP contribution in [0, 0.1) is 3.57 Å². The van der Waals surface area contributed by atoms with Crippen molar-refractivity contribution in [2.75, 3.05) is 0 Å². The summed E-state index contributed by atoms with van der Waals surface area (Å²) in [6.07, 6.45) is 0. The summed E-state index contributed by atoms with van der Waals surface area (Å²) < 4.78 is 1.03. The van der Waals surface area contributed by atoms with Gasteiger partial charge in [0.05, 0.1) is 5.02 Å². The smallest absolute Gasteiger partial charge is 0.161 e. The summed E-state index contributed by atoms with van der Waals surface area (Å²) in [7, 11) is 0. The minimum atomic E-state index is 0.00789. The maximum Gasteiger partial charge on any atom is 0.161 e. The van der Waals surface area contributed by atoms with E-state index in [2.05, 4.69) is 22.6 Å². The molecular formula is C8H6ClIO. The van der Waals surface area contributed by atoms with Crippen LogP contribution in [0.3, 0.4) is 0 Å². The van der Waals surface area contributed by atoms with Crippen LogP contribution < -0.4 is 0 Å². The normalized spacial score (nSPS) is 9.73. The van der Waals surface area contributed by atoms with E-state index in [1.54, 1.807) is 12.1 Å². The first-order chi connectivity index (χ1) is 5.11. The largest absolute Gasteiger partial charge is 0.294 e. The van der Waals surface area contributed by atoms with E-state index in [-0.39, 0.29) is 5.78 Å². The summed E-state index contributed by atoms with van der Waals surface area (Å²) >= 11 is 7.91. The number of rotatable bonds is 1. The summed E-state index contributed by atoms with van der Waals surface area (Å²) in [4.78, 5) is 10.9. The van der Waals surface area contributed by atoms with E-state index in [1.165, 1.54) is 6.92 Å². The fourth-order valence-corrected chi connectivity index (χ4v) is 1.51. The van der Waals surface area contributed by atoms with Gasteiger partial charge in [-0.15, -0.1) is 0 Å². The van der Waals surface area contributed by atoms with Gasteiger partial charge in [0.15, 0.2) is 5.78 Å². The van der Waals surface area contributed by atoms with Crippen LogP contribution in [0.1, 0.15) is 17.3 Å². The molecule has 1 aromatic carbocycles. The van der Waals surface area contributed by atoms with Gasteiger partial charge >= 0.3 is 0 Å². The second kappa shape index (κ2) is 3.54. The van der Waals surface area contributed by atoms with Gasteiger partial charge in [0.1, 0.15) is 0 Å². The van der Waals surface area contributed by atoms with Crippen molar-refractivity contribution in [3.05, 3.63) is 32.4 Å².